The van der Waals surface area contributed by atoms with Gasteiger partial charge in [-0.05, 0) is 38.5 Å². The maximum atomic E-state index is 12.7. The third-order valence-electron chi connectivity index (χ3n) is 5.20. The van der Waals surface area contributed by atoms with Crippen LogP contribution in [0.15, 0.2) is 28.7 Å². The van der Waals surface area contributed by atoms with Gasteiger partial charge in [0.15, 0.2) is 0 Å². The molecular formula is C19H26BrN3O3. The summed E-state index contributed by atoms with van der Waals surface area (Å²) >= 11 is 3.43. The Morgan fingerprint density at radius 1 is 1.42 bits per heavy atom. The summed E-state index contributed by atoms with van der Waals surface area (Å²) in [5.74, 6) is -0.878. The number of morpholine rings is 1. The van der Waals surface area contributed by atoms with E-state index in [9.17, 15) is 9.59 Å². The van der Waals surface area contributed by atoms with Crippen molar-refractivity contribution in [2.24, 2.45) is 5.92 Å². The molecule has 2 heterocycles. The van der Waals surface area contributed by atoms with Crippen molar-refractivity contribution in [3.8, 4) is 0 Å². The summed E-state index contributed by atoms with van der Waals surface area (Å²) in [6.07, 6.45) is 0.555. The van der Waals surface area contributed by atoms with Gasteiger partial charge in [-0.15, -0.1) is 0 Å². The maximum absolute atomic E-state index is 12.7. The SMILES string of the molecule is CC(CNC(=O)C1CCN(c2cccc(Br)c2)C1=O)N1CCOCC1C. The Morgan fingerprint density at radius 2 is 2.23 bits per heavy atom. The second-order valence-electron chi connectivity index (χ2n) is 7.07. The molecule has 1 N–H and O–H groups in total. The largest absolute Gasteiger partial charge is 0.379 e. The zero-order valence-electron chi connectivity index (χ0n) is 15.3. The lowest BCUT2D eigenvalue weighted by atomic mass is 10.1. The van der Waals surface area contributed by atoms with Crippen LogP contribution in [-0.4, -0.2) is 61.6 Å². The molecule has 0 bridgehead atoms. The quantitative estimate of drug-likeness (QED) is 0.735. The zero-order chi connectivity index (χ0) is 18.7. The fourth-order valence-corrected chi connectivity index (χ4v) is 4.09. The first-order valence-electron chi connectivity index (χ1n) is 9.15. The minimum absolute atomic E-state index is 0.118. The van der Waals surface area contributed by atoms with Crippen molar-refractivity contribution in [1.82, 2.24) is 10.2 Å². The number of rotatable bonds is 5. The van der Waals surface area contributed by atoms with E-state index in [-0.39, 0.29) is 17.9 Å². The van der Waals surface area contributed by atoms with E-state index < -0.39 is 5.92 Å². The Morgan fingerprint density at radius 3 is 2.96 bits per heavy atom. The molecule has 3 rings (SSSR count). The Bertz CT molecular complexity index is 669. The van der Waals surface area contributed by atoms with Gasteiger partial charge >= 0.3 is 0 Å². The van der Waals surface area contributed by atoms with Crippen molar-refractivity contribution in [2.75, 3.05) is 37.7 Å². The number of anilines is 1. The minimum atomic E-state index is -0.594. The predicted molar refractivity (Wildman–Crippen MR) is 104 cm³/mol. The summed E-state index contributed by atoms with van der Waals surface area (Å²) in [4.78, 5) is 29.3. The van der Waals surface area contributed by atoms with Gasteiger partial charge in [0.05, 0.1) is 13.2 Å². The lowest BCUT2D eigenvalue weighted by Gasteiger charge is -2.37. The number of halogens is 1. The van der Waals surface area contributed by atoms with E-state index in [1.165, 1.54) is 0 Å². The molecule has 0 aromatic heterocycles. The van der Waals surface area contributed by atoms with Crippen molar-refractivity contribution < 1.29 is 14.3 Å². The molecule has 3 unspecified atom stereocenters. The lowest BCUT2D eigenvalue weighted by molar-refractivity contribution is -0.132. The smallest absolute Gasteiger partial charge is 0.239 e. The highest BCUT2D eigenvalue weighted by Gasteiger charge is 2.37. The van der Waals surface area contributed by atoms with Crippen molar-refractivity contribution >= 4 is 33.4 Å². The highest BCUT2D eigenvalue weighted by Crippen LogP contribution is 2.27. The molecule has 3 atom stereocenters. The molecule has 0 spiro atoms. The second-order valence-corrected chi connectivity index (χ2v) is 7.98. The van der Waals surface area contributed by atoms with Gasteiger partial charge in [0.1, 0.15) is 5.92 Å². The third-order valence-corrected chi connectivity index (χ3v) is 5.69. The van der Waals surface area contributed by atoms with Crippen LogP contribution in [-0.2, 0) is 14.3 Å². The number of hydrogen-bond donors (Lipinski definition) is 1. The van der Waals surface area contributed by atoms with E-state index in [0.717, 1.165) is 29.9 Å². The maximum Gasteiger partial charge on any atom is 0.239 e. The fourth-order valence-electron chi connectivity index (χ4n) is 3.71. The van der Waals surface area contributed by atoms with Gasteiger partial charge in [0.25, 0.3) is 0 Å². The Labute approximate surface area is 163 Å². The number of hydrogen-bond acceptors (Lipinski definition) is 4. The van der Waals surface area contributed by atoms with Crippen LogP contribution in [0.25, 0.3) is 0 Å². The van der Waals surface area contributed by atoms with Crippen LogP contribution in [0, 0.1) is 5.92 Å². The van der Waals surface area contributed by atoms with Gasteiger partial charge in [-0.25, -0.2) is 0 Å². The lowest BCUT2D eigenvalue weighted by Crippen LogP contribution is -2.52. The Balaban J connectivity index is 1.54. The highest BCUT2D eigenvalue weighted by atomic mass is 79.9. The summed E-state index contributed by atoms with van der Waals surface area (Å²) in [7, 11) is 0. The van der Waals surface area contributed by atoms with Crippen molar-refractivity contribution in [1.29, 1.82) is 0 Å². The van der Waals surface area contributed by atoms with E-state index in [2.05, 4.69) is 40.0 Å². The van der Waals surface area contributed by atoms with Crippen LogP contribution in [0.4, 0.5) is 5.69 Å². The molecule has 2 aliphatic rings. The molecule has 142 valence electrons. The molecule has 0 saturated carbocycles. The summed E-state index contributed by atoms with van der Waals surface area (Å²) in [5.41, 5.74) is 0.829. The van der Waals surface area contributed by atoms with Gasteiger partial charge in [0.2, 0.25) is 11.8 Å². The molecule has 0 radical (unpaired) electrons. The van der Waals surface area contributed by atoms with Crippen molar-refractivity contribution in [3.05, 3.63) is 28.7 Å². The molecule has 2 amide bonds. The molecule has 2 saturated heterocycles. The summed E-state index contributed by atoms with van der Waals surface area (Å²) in [6.45, 7) is 7.68. The number of ether oxygens (including phenoxy) is 1. The molecule has 1 aromatic rings. The Hall–Kier alpha value is -1.44. The average molecular weight is 424 g/mol. The van der Waals surface area contributed by atoms with E-state index in [4.69, 9.17) is 4.74 Å². The first-order chi connectivity index (χ1) is 12.5. The van der Waals surface area contributed by atoms with Gasteiger partial charge in [-0.2, -0.15) is 0 Å². The third kappa shape index (κ3) is 4.27. The first-order valence-corrected chi connectivity index (χ1v) is 9.95. The molecule has 0 aliphatic carbocycles. The molecule has 6 nitrogen and oxygen atoms in total. The van der Waals surface area contributed by atoms with Crippen molar-refractivity contribution in [3.63, 3.8) is 0 Å². The van der Waals surface area contributed by atoms with Crippen LogP contribution in [0.5, 0.6) is 0 Å². The van der Waals surface area contributed by atoms with Crippen molar-refractivity contribution in [2.45, 2.75) is 32.4 Å². The number of nitrogens with one attached hydrogen (secondary N) is 1. The number of carbonyl (C=O) groups excluding carboxylic acids is 2. The fraction of sp³-hybridized carbons (Fsp3) is 0.579. The molecule has 2 fully saturated rings. The monoisotopic (exact) mass is 423 g/mol. The van der Waals surface area contributed by atoms with Gasteiger partial charge in [-0.1, -0.05) is 22.0 Å². The standard InChI is InChI=1S/C19H26BrN3O3/c1-13(22-8-9-26-12-14(22)2)11-21-18(24)17-6-7-23(19(17)25)16-5-3-4-15(20)10-16/h3-5,10,13-14,17H,6-9,11-12H2,1-2H3,(H,21,24). The normalized spacial score (nSPS) is 25.3. The van der Waals surface area contributed by atoms with Crippen LogP contribution in [0.3, 0.4) is 0 Å². The number of carbonyl (C=O) groups is 2. The van der Waals surface area contributed by atoms with E-state index in [1.807, 2.05) is 24.3 Å². The summed E-state index contributed by atoms with van der Waals surface area (Å²) in [6, 6.07) is 8.17. The molecule has 1 aromatic carbocycles. The Kier molecular flexibility index (Phi) is 6.32. The minimum Gasteiger partial charge on any atom is -0.379 e. The van der Waals surface area contributed by atoms with E-state index in [0.29, 0.717) is 25.6 Å². The summed E-state index contributed by atoms with van der Waals surface area (Å²) < 4.78 is 6.38. The number of nitrogens with zero attached hydrogens (tertiary/aromatic N) is 2. The first kappa shape index (κ1) is 19.3. The van der Waals surface area contributed by atoms with Crippen LogP contribution >= 0.6 is 15.9 Å². The molecule has 26 heavy (non-hydrogen) atoms. The van der Waals surface area contributed by atoms with Crippen LogP contribution in [0.1, 0.15) is 20.3 Å². The highest BCUT2D eigenvalue weighted by molar-refractivity contribution is 9.10. The van der Waals surface area contributed by atoms with Gasteiger partial charge in [-0.3, -0.25) is 14.5 Å². The molecule has 7 heteroatoms. The summed E-state index contributed by atoms with van der Waals surface area (Å²) in [5, 5.41) is 2.98. The molecular weight excluding hydrogens is 398 g/mol. The van der Waals surface area contributed by atoms with Crippen LogP contribution in [0.2, 0.25) is 0 Å². The van der Waals surface area contributed by atoms with Crippen LogP contribution < -0.4 is 10.2 Å². The molecule has 2 aliphatic heterocycles. The van der Waals surface area contributed by atoms with Gasteiger partial charge < -0.3 is 15.0 Å². The zero-order valence-corrected chi connectivity index (χ0v) is 16.9. The average Bonchev–Trinajstić information content (AvgIpc) is 3.01. The van der Waals surface area contributed by atoms with E-state index >= 15 is 0 Å². The van der Waals surface area contributed by atoms with Gasteiger partial charge in [0, 0.05) is 41.9 Å². The number of amides is 2. The second kappa shape index (κ2) is 8.50. The van der Waals surface area contributed by atoms with E-state index in [1.54, 1.807) is 4.90 Å². The predicted octanol–water partition coefficient (Wildman–Crippen LogP) is 2.03. The number of benzene rings is 1. The topological polar surface area (TPSA) is 61.9 Å².